The molecule has 0 aliphatic heterocycles. The zero-order valence-corrected chi connectivity index (χ0v) is 12.1. The average molecular weight is 251 g/mol. The zero-order chi connectivity index (χ0) is 12.5. The third kappa shape index (κ3) is 5.60. The predicted molar refractivity (Wildman–Crippen MR) is 80.0 cm³/mol. The Labute approximate surface area is 110 Å². The first kappa shape index (κ1) is 14.6. The number of likely N-dealkylation sites (N-methyl/N-ethyl adjacent to an activating group) is 1. The molecule has 1 nitrogen and oxygen atoms in total. The molecule has 0 saturated carbocycles. The number of rotatable bonds is 8. The summed E-state index contributed by atoms with van der Waals surface area (Å²) in [7, 11) is 0. The van der Waals surface area contributed by atoms with Crippen LogP contribution in [0.15, 0.2) is 24.3 Å². The molecule has 2 heteroatoms. The smallest absolute Gasteiger partial charge is 0.0115 e. The fourth-order valence-electron chi connectivity index (χ4n) is 2.02. The van der Waals surface area contributed by atoms with Crippen LogP contribution in [-0.2, 0) is 12.8 Å². The molecule has 0 fully saturated rings. The molecule has 1 unspecified atom stereocenters. The lowest BCUT2D eigenvalue weighted by Crippen LogP contribution is -2.31. The molecule has 1 atom stereocenters. The molecule has 96 valence electrons. The van der Waals surface area contributed by atoms with E-state index in [0.717, 1.165) is 19.4 Å². The quantitative estimate of drug-likeness (QED) is 0.758. The highest BCUT2D eigenvalue weighted by Gasteiger charge is 2.07. The monoisotopic (exact) mass is 251 g/mol. The summed E-state index contributed by atoms with van der Waals surface area (Å²) in [4.78, 5) is 0. The van der Waals surface area contributed by atoms with Gasteiger partial charge in [0, 0.05) is 6.04 Å². The minimum absolute atomic E-state index is 0.625. The van der Waals surface area contributed by atoms with Crippen LogP contribution < -0.4 is 5.32 Å². The van der Waals surface area contributed by atoms with Crippen molar-refractivity contribution in [3.8, 4) is 0 Å². The van der Waals surface area contributed by atoms with Gasteiger partial charge in [0.15, 0.2) is 0 Å². The summed E-state index contributed by atoms with van der Waals surface area (Å²) in [5.41, 5.74) is 2.88. The third-order valence-corrected chi connectivity index (χ3v) is 3.72. The van der Waals surface area contributed by atoms with Gasteiger partial charge in [0.2, 0.25) is 0 Å². The van der Waals surface area contributed by atoms with Gasteiger partial charge in [-0.05, 0) is 48.9 Å². The van der Waals surface area contributed by atoms with Crippen LogP contribution in [0.1, 0.15) is 31.4 Å². The van der Waals surface area contributed by atoms with Gasteiger partial charge in [-0.3, -0.25) is 0 Å². The summed E-state index contributed by atoms with van der Waals surface area (Å²) >= 11 is 1.93. The first-order valence-electron chi connectivity index (χ1n) is 6.60. The van der Waals surface area contributed by atoms with Crippen LogP contribution in [-0.4, -0.2) is 24.6 Å². The molecule has 0 amide bonds. The number of benzene rings is 1. The molecule has 0 radical (unpaired) electrons. The normalized spacial score (nSPS) is 12.6. The molecular weight excluding hydrogens is 226 g/mol. The van der Waals surface area contributed by atoms with Gasteiger partial charge in [0.05, 0.1) is 0 Å². The highest BCUT2D eigenvalue weighted by Crippen LogP contribution is 2.10. The minimum Gasteiger partial charge on any atom is -0.314 e. The summed E-state index contributed by atoms with van der Waals surface area (Å²) in [6, 6.07) is 9.70. The van der Waals surface area contributed by atoms with Gasteiger partial charge in [-0.1, -0.05) is 38.1 Å². The molecule has 1 rings (SSSR count). The van der Waals surface area contributed by atoms with Crippen LogP contribution in [0.3, 0.4) is 0 Å². The summed E-state index contributed by atoms with van der Waals surface area (Å²) < 4.78 is 0. The second-order valence-electron chi connectivity index (χ2n) is 4.41. The van der Waals surface area contributed by atoms with Gasteiger partial charge < -0.3 is 5.32 Å². The molecule has 0 heterocycles. The van der Waals surface area contributed by atoms with Crippen LogP contribution in [0.2, 0.25) is 0 Å². The second kappa shape index (κ2) is 8.60. The van der Waals surface area contributed by atoms with E-state index in [1.54, 1.807) is 0 Å². The summed E-state index contributed by atoms with van der Waals surface area (Å²) in [5.74, 6) is 1.24. The third-order valence-electron chi connectivity index (χ3n) is 3.08. The van der Waals surface area contributed by atoms with Crippen molar-refractivity contribution >= 4 is 11.8 Å². The Morgan fingerprint density at radius 3 is 2.29 bits per heavy atom. The Morgan fingerprint density at radius 2 is 1.76 bits per heavy atom. The van der Waals surface area contributed by atoms with Crippen LogP contribution in [0.4, 0.5) is 0 Å². The Bertz CT molecular complexity index is 294. The molecule has 0 aliphatic rings. The number of thioether (sulfide) groups is 1. The second-order valence-corrected chi connectivity index (χ2v) is 5.40. The molecule has 0 aromatic heterocycles. The van der Waals surface area contributed by atoms with Crippen molar-refractivity contribution in [3.63, 3.8) is 0 Å². The number of hydrogen-bond acceptors (Lipinski definition) is 2. The molecule has 0 aliphatic carbocycles. The van der Waals surface area contributed by atoms with Crippen molar-refractivity contribution in [2.45, 2.75) is 39.2 Å². The summed E-state index contributed by atoms with van der Waals surface area (Å²) in [5, 5.41) is 3.58. The van der Waals surface area contributed by atoms with Crippen LogP contribution in [0, 0.1) is 0 Å². The van der Waals surface area contributed by atoms with Crippen LogP contribution >= 0.6 is 11.8 Å². The van der Waals surface area contributed by atoms with Crippen molar-refractivity contribution in [2.24, 2.45) is 0 Å². The molecule has 1 aromatic carbocycles. The largest absolute Gasteiger partial charge is 0.314 e. The van der Waals surface area contributed by atoms with E-state index in [1.165, 1.54) is 23.3 Å². The Kier molecular flexibility index (Phi) is 7.38. The predicted octanol–water partition coefficient (Wildman–Crippen LogP) is 3.52. The van der Waals surface area contributed by atoms with E-state index in [1.807, 2.05) is 11.8 Å². The number of aryl methyl sites for hydroxylation is 1. The topological polar surface area (TPSA) is 12.0 Å². The molecular formula is C15H25NS. The highest BCUT2D eigenvalue weighted by atomic mass is 32.2. The van der Waals surface area contributed by atoms with Gasteiger partial charge in [0.1, 0.15) is 0 Å². The first-order valence-corrected chi connectivity index (χ1v) is 7.99. The van der Waals surface area contributed by atoms with E-state index >= 15 is 0 Å². The van der Waals surface area contributed by atoms with Crippen molar-refractivity contribution in [3.05, 3.63) is 35.4 Å². The maximum Gasteiger partial charge on any atom is 0.0115 e. The van der Waals surface area contributed by atoms with Gasteiger partial charge in [-0.2, -0.15) is 11.8 Å². The van der Waals surface area contributed by atoms with E-state index < -0.39 is 0 Å². The Hall–Kier alpha value is -0.470. The molecule has 0 spiro atoms. The molecule has 0 saturated heterocycles. The average Bonchev–Trinajstić information content (AvgIpc) is 2.37. The van der Waals surface area contributed by atoms with Crippen LogP contribution in [0.25, 0.3) is 0 Å². The molecule has 17 heavy (non-hydrogen) atoms. The van der Waals surface area contributed by atoms with E-state index in [0.29, 0.717) is 6.04 Å². The van der Waals surface area contributed by atoms with Gasteiger partial charge in [-0.25, -0.2) is 0 Å². The maximum atomic E-state index is 3.58. The van der Waals surface area contributed by atoms with Crippen LogP contribution in [0.5, 0.6) is 0 Å². The molecule has 0 bridgehead atoms. The van der Waals surface area contributed by atoms with E-state index in [9.17, 15) is 0 Å². The van der Waals surface area contributed by atoms with E-state index in [2.05, 4.69) is 49.7 Å². The molecule has 1 aromatic rings. The Morgan fingerprint density at radius 1 is 1.12 bits per heavy atom. The number of hydrogen-bond donors (Lipinski definition) is 1. The van der Waals surface area contributed by atoms with E-state index in [4.69, 9.17) is 0 Å². The summed E-state index contributed by atoms with van der Waals surface area (Å²) in [6.07, 6.45) is 5.71. The van der Waals surface area contributed by atoms with E-state index in [-0.39, 0.29) is 0 Å². The van der Waals surface area contributed by atoms with Gasteiger partial charge in [0.25, 0.3) is 0 Å². The van der Waals surface area contributed by atoms with Crippen molar-refractivity contribution in [2.75, 3.05) is 18.6 Å². The lowest BCUT2D eigenvalue weighted by Gasteiger charge is -2.17. The minimum atomic E-state index is 0.625. The fraction of sp³-hybridized carbons (Fsp3) is 0.600. The lowest BCUT2D eigenvalue weighted by molar-refractivity contribution is 0.513. The lowest BCUT2D eigenvalue weighted by atomic mass is 10.0. The standard InChI is InChI=1S/C15H25NS/c1-4-13-6-8-14(9-7-13)12-15(16-5-2)10-11-17-3/h6-9,15-16H,4-5,10-12H2,1-3H3. The summed E-state index contributed by atoms with van der Waals surface area (Å²) in [6.45, 7) is 5.45. The first-order chi connectivity index (χ1) is 8.30. The Balaban J connectivity index is 2.51. The van der Waals surface area contributed by atoms with Crippen molar-refractivity contribution in [1.29, 1.82) is 0 Å². The fourth-order valence-corrected chi connectivity index (χ4v) is 2.54. The molecule has 1 N–H and O–H groups in total. The number of nitrogens with one attached hydrogen (secondary N) is 1. The SMILES string of the molecule is CCNC(CCSC)Cc1ccc(CC)cc1. The highest BCUT2D eigenvalue weighted by molar-refractivity contribution is 7.98. The zero-order valence-electron chi connectivity index (χ0n) is 11.3. The van der Waals surface area contributed by atoms with Gasteiger partial charge >= 0.3 is 0 Å². The van der Waals surface area contributed by atoms with Crippen molar-refractivity contribution in [1.82, 2.24) is 5.32 Å². The van der Waals surface area contributed by atoms with Crippen molar-refractivity contribution < 1.29 is 0 Å². The maximum absolute atomic E-state index is 3.58. The van der Waals surface area contributed by atoms with Gasteiger partial charge in [-0.15, -0.1) is 0 Å².